The van der Waals surface area contributed by atoms with Gasteiger partial charge in [-0.15, -0.1) is 0 Å². The zero-order valence-electron chi connectivity index (χ0n) is 10.5. The molecular formula is C14H15F2N3. The summed E-state index contributed by atoms with van der Waals surface area (Å²) in [6.07, 6.45) is 2.16. The fourth-order valence-electron chi connectivity index (χ4n) is 1.96. The third-order valence-electron chi connectivity index (χ3n) is 2.95. The lowest BCUT2D eigenvalue weighted by Gasteiger charge is -2.16. The monoisotopic (exact) mass is 263 g/mol. The van der Waals surface area contributed by atoms with Crippen LogP contribution in [-0.4, -0.2) is 4.98 Å². The summed E-state index contributed by atoms with van der Waals surface area (Å²) in [6.45, 7) is 1.88. The molecule has 0 bridgehead atoms. The van der Waals surface area contributed by atoms with Gasteiger partial charge < -0.3 is 0 Å². The van der Waals surface area contributed by atoms with E-state index in [-0.39, 0.29) is 6.04 Å². The molecule has 1 unspecified atom stereocenters. The minimum atomic E-state index is -0.848. The van der Waals surface area contributed by atoms with Gasteiger partial charge in [-0.1, -0.05) is 6.07 Å². The predicted molar refractivity (Wildman–Crippen MR) is 69.1 cm³/mol. The van der Waals surface area contributed by atoms with Gasteiger partial charge in [0.05, 0.1) is 6.04 Å². The van der Waals surface area contributed by atoms with E-state index in [0.29, 0.717) is 12.0 Å². The van der Waals surface area contributed by atoms with Crippen LogP contribution in [0.15, 0.2) is 36.5 Å². The van der Waals surface area contributed by atoms with E-state index >= 15 is 0 Å². The van der Waals surface area contributed by atoms with E-state index in [9.17, 15) is 8.78 Å². The van der Waals surface area contributed by atoms with Crippen molar-refractivity contribution in [1.82, 2.24) is 10.4 Å². The van der Waals surface area contributed by atoms with Crippen LogP contribution >= 0.6 is 0 Å². The summed E-state index contributed by atoms with van der Waals surface area (Å²) in [6, 6.07) is 7.44. The Morgan fingerprint density at radius 2 is 2.00 bits per heavy atom. The second-order valence-corrected chi connectivity index (χ2v) is 4.40. The molecule has 0 aliphatic heterocycles. The Bertz CT molecular complexity index is 572. The van der Waals surface area contributed by atoms with Gasteiger partial charge >= 0.3 is 0 Å². The number of pyridine rings is 1. The maximum atomic E-state index is 13.2. The van der Waals surface area contributed by atoms with Crippen molar-refractivity contribution in [2.45, 2.75) is 19.4 Å². The molecule has 100 valence electrons. The average Bonchev–Trinajstić information content (AvgIpc) is 2.40. The molecule has 0 radical (unpaired) electrons. The van der Waals surface area contributed by atoms with Crippen LogP contribution in [0.4, 0.5) is 8.78 Å². The Labute approximate surface area is 110 Å². The molecule has 2 rings (SSSR count). The van der Waals surface area contributed by atoms with E-state index in [0.717, 1.165) is 17.3 Å². The number of nitrogens with one attached hydrogen (secondary N) is 1. The summed E-state index contributed by atoms with van der Waals surface area (Å²) >= 11 is 0. The first-order chi connectivity index (χ1) is 9.10. The van der Waals surface area contributed by atoms with Crippen LogP contribution in [0, 0.1) is 18.6 Å². The highest BCUT2D eigenvalue weighted by Gasteiger charge is 2.12. The molecule has 0 amide bonds. The Balaban J connectivity index is 2.21. The van der Waals surface area contributed by atoms with Crippen molar-refractivity contribution < 1.29 is 8.78 Å². The highest BCUT2D eigenvalue weighted by Crippen LogP contribution is 2.19. The van der Waals surface area contributed by atoms with Crippen molar-refractivity contribution in [3.8, 4) is 0 Å². The van der Waals surface area contributed by atoms with Crippen molar-refractivity contribution in [3.63, 3.8) is 0 Å². The van der Waals surface area contributed by atoms with Gasteiger partial charge in [0.2, 0.25) is 0 Å². The third kappa shape index (κ3) is 3.33. The molecule has 0 fully saturated rings. The normalized spacial score (nSPS) is 12.4. The number of hydrogen-bond donors (Lipinski definition) is 2. The molecule has 0 saturated carbocycles. The minimum Gasteiger partial charge on any atom is -0.271 e. The van der Waals surface area contributed by atoms with Crippen LogP contribution < -0.4 is 11.3 Å². The van der Waals surface area contributed by atoms with Crippen molar-refractivity contribution >= 4 is 0 Å². The number of halogens is 2. The first-order valence-electron chi connectivity index (χ1n) is 5.92. The summed E-state index contributed by atoms with van der Waals surface area (Å²) in [5, 5.41) is 0. The Morgan fingerprint density at radius 3 is 2.63 bits per heavy atom. The molecule has 0 aliphatic carbocycles. The summed E-state index contributed by atoms with van der Waals surface area (Å²) in [4.78, 5) is 4.11. The summed E-state index contributed by atoms with van der Waals surface area (Å²) in [5.41, 5.74) is 5.20. The molecule has 1 atom stereocenters. The van der Waals surface area contributed by atoms with Gasteiger partial charge in [0, 0.05) is 11.9 Å². The van der Waals surface area contributed by atoms with Crippen LogP contribution in [0.25, 0.3) is 0 Å². The van der Waals surface area contributed by atoms with Gasteiger partial charge in [0.25, 0.3) is 0 Å². The van der Waals surface area contributed by atoms with E-state index in [1.807, 2.05) is 19.1 Å². The van der Waals surface area contributed by atoms with Crippen molar-refractivity contribution in [2.75, 3.05) is 0 Å². The SMILES string of the molecule is Cc1cc(C(Cc2ccc(F)c(F)c2)NN)ccn1. The van der Waals surface area contributed by atoms with Crippen LogP contribution in [0.1, 0.15) is 22.9 Å². The first-order valence-corrected chi connectivity index (χ1v) is 5.92. The maximum absolute atomic E-state index is 13.2. The van der Waals surface area contributed by atoms with E-state index in [4.69, 9.17) is 5.84 Å². The number of benzene rings is 1. The van der Waals surface area contributed by atoms with Crippen molar-refractivity contribution in [2.24, 2.45) is 5.84 Å². The largest absolute Gasteiger partial charge is 0.271 e. The molecule has 1 aromatic carbocycles. The average molecular weight is 263 g/mol. The second kappa shape index (κ2) is 5.86. The molecule has 0 saturated heterocycles. The molecule has 19 heavy (non-hydrogen) atoms. The number of aromatic nitrogens is 1. The van der Waals surface area contributed by atoms with E-state index in [2.05, 4.69) is 10.4 Å². The molecule has 2 aromatic rings. The van der Waals surface area contributed by atoms with Crippen LogP contribution in [0.5, 0.6) is 0 Å². The Morgan fingerprint density at radius 1 is 1.21 bits per heavy atom. The van der Waals surface area contributed by atoms with Crippen LogP contribution in [0.2, 0.25) is 0 Å². The number of nitrogens with two attached hydrogens (primary N) is 1. The summed E-state index contributed by atoms with van der Waals surface area (Å²) < 4.78 is 26.0. The lowest BCUT2D eigenvalue weighted by atomic mass is 9.99. The lowest BCUT2D eigenvalue weighted by molar-refractivity contribution is 0.502. The smallest absolute Gasteiger partial charge is 0.159 e. The fourth-order valence-corrected chi connectivity index (χ4v) is 1.96. The zero-order valence-corrected chi connectivity index (χ0v) is 10.5. The summed E-state index contributed by atoms with van der Waals surface area (Å²) in [5.74, 6) is 3.84. The predicted octanol–water partition coefficient (Wildman–Crippen LogP) is 2.42. The molecule has 3 nitrogen and oxygen atoms in total. The van der Waals surface area contributed by atoms with Crippen LogP contribution in [0.3, 0.4) is 0 Å². The zero-order chi connectivity index (χ0) is 13.8. The molecule has 0 aliphatic rings. The molecule has 5 heteroatoms. The highest BCUT2D eigenvalue weighted by atomic mass is 19.2. The maximum Gasteiger partial charge on any atom is 0.159 e. The Hall–Kier alpha value is -1.85. The standard InChI is InChI=1S/C14H15F2N3/c1-9-6-11(4-5-18-9)14(19-17)8-10-2-3-12(15)13(16)7-10/h2-7,14,19H,8,17H2,1H3. The van der Waals surface area contributed by atoms with Gasteiger partial charge in [0.15, 0.2) is 11.6 Å². The molecule has 1 heterocycles. The third-order valence-corrected chi connectivity index (χ3v) is 2.95. The van der Waals surface area contributed by atoms with Gasteiger partial charge in [-0.3, -0.25) is 16.3 Å². The fraction of sp³-hybridized carbons (Fsp3) is 0.214. The van der Waals surface area contributed by atoms with Crippen molar-refractivity contribution in [3.05, 3.63) is 65.0 Å². The summed E-state index contributed by atoms with van der Waals surface area (Å²) in [7, 11) is 0. The van der Waals surface area contributed by atoms with E-state index in [1.165, 1.54) is 6.07 Å². The number of hydrazine groups is 1. The lowest BCUT2D eigenvalue weighted by Crippen LogP contribution is -2.29. The molecule has 0 spiro atoms. The van der Waals surface area contributed by atoms with Crippen molar-refractivity contribution in [1.29, 1.82) is 0 Å². The topological polar surface area (TPSA) is 50.9 Å². The first kappa shape index (κ1) is 13.6. The van der Waals surface area contributed by atoms with Gasteiger partial charge in [-0.25, -0.2) is 8.78 Å². The molecule has 3 N–H and O–H groups in total. The van der Waals surface area contributed by atoms with E-state index in [1.54, 1.807) is 12.3 Å². The molecule has 1 aromatic heterocycles. The Kier molecular flexibility index (Phi) is 4.19. The number of hydrogen-bond acceptors (Lipinski definition) is 3. The van der Waals surface area contributed by atoms with Gasteiger partial charge in [0.1, 0.15) is 0 Å². The van der Waals surface area contributed by atoms with E-state index < -0.39 is 11.6 Å². The number of aryl methyl sites for hydroxylation is 1. The molecular weight excluding hydrogens is 248 g/mol. The van der Waals surface area contributed by atoms with Gasteiger partial charge in [-0.05, 0) is 48.7 Å². The number of rotatable bonds is 4. The minimum absolute atomic E-state index is 0.174. The van der Waals surface area contributed by atoms with Crippen LogP contribution in [-0.2, 0) is 6.42 Å². The quantitative estimate of drug-likeness (QED) is 0.658. The van der Waals surface area contributed by atoms with Gasteiger partial charge in [-0.2, -0.15) is 0 Å². The number of nitrogens with zero attached hydrogens (tertiary/aromatic N) is 1. The second-order valence-electron chi connectivity index (χ2n) is 4.40. The highest BCUT2D eigenvalue weighted by molar-refractivity contribution is 5.24.